The van der Waals surface area contributed by atoms with E-state index in [1.165, 1.54) is 11.3 Å². The van der Waals surface area contributed by atoms with Gasteiger partial charge in [0.15, 0.2) is 4.80 Å². The van der Waals surface area contributed by atoms with Crippen LogP contribution in [0.4, 0.5) is 0 Å². The number of halogens is 1. The van der Waals surface area contributed by atoms with Crippen LogP contribution >= 0.6 is 39.0 Å². The number of carbonyl (C=O) groups is 1. The van der Waals surface area contributed by atoms with Crippen molar-refractivity contribution in [2.45, 2.75) is 24.8 Å². The Morgan fingerprint density at radius 1 is 1.26 bits per heavy atom. The molecule has 2 aromatic carbocycles. The molecule has 1 aliphatic rings. The highest BCUT2D eigenvalue weighted by Gasteiger charge is 2.33. The number of fused-ring (bicyclic) bond motifs is 1. The summed E-state index contributed by atoms with van der Waals surface area (Å²) in [4.78, 5) is 32.9. The van der Waals surface area contributed by atoms with Gasteiger partial charge in [0.2, 0.25) is 0 Å². The first kappa shape index (κ1) is 24.5. The molecule has 1 atom stereocenters. The highest BCUT2D eigenvalue weighted by Crippen LogP contribution is 2.35. The topological polar surface area (TPSA) is 69.9 Å². The van der Waals surface area contributed by atoms with Gasteiger partial charge in [-0.3, -0.25) is 9.36 Å². The summed E-state index contributed by atoms with van der Waals surface area (Å²) in [6.45, 7) is 3.76. The van der Waals surface area contributed by atoms with E-state index in [1.54, 1.807) is 43.4 Å². The van der Waals surface area contributed by atoms with Crippen molar-refractivity contribution in [3.8, 4) is 5.75 Å². The molecule has 0 unspecified atom stereocenters. The van der Waals surface area contributed by atoms with Crippen LogP contribution in [0.25, 0.3) is 6.08 Å². The number of nitrogens with zero attached hydrogens (tertiary/aromatic N) is 2. The number of thiazole rings is 1. The smallest absolute Gasteiger partial charge is 0.338 e. The van der Waals surface area contributed by atoms with E-state index in [-0.39, 0.29) is 12.2 Å². The number of ether oxygens (including phenoxy) is 2. The van der Waals surface area contributed by atoms with Crippen molar-refractivity contribution < 1.29 is 14.3 Å². The number of thioether (sulfide) groups is 1. The average molecular weight is 560 g/mol. The molecule has 4 rings (SSSR count). The maximum atomic E-state index is 13.6. The predicted molar refractivity (Wildman–Crippen MR) is 139 cm³/mol. The number of methoxy groups -OCH3 is 1. The van der Waals surface area contributed by atoms with Crippen LogP contribution in [0, 0.1) is 0 Å². The molecule has 1 aromatic heterocycles. The van der Waals surface area contributed by atoms with Crippen molar-refractivity contribution in [3.05, 3.63) is 89.0 Å². The number of rotatable bonds is 6. The van der Waals surface area contributed by atoms with Gasteiger partial charge in [0.1, 0.15) is 5.75 Å². The van der Waals surface area contributed by atoms with Gasteiger partial charge >= 0.3 is 5.97 Å². The largest absolute Gasteiger partial charge is 0.496 e. The molecule has 0 bridgehead atoms. The second kappa shape index (κ2) is 10.3. The Balaban J connectivity index is 1.93. The van der Waals surface area contributed by atoms with E-state index in [1.807, 2.05) is 48.7 Å². The van der Waals surface area contributed by atoms with Crippen LogP contribution in [0.1, 0.15) is 31.0 Å². The number of hydrogen-bond acceptors (Lipinski definition) is 7. The van der Waals surface area contributed by atoms with E-state index in [4.69, 9.17) is 9.47 Å². The Morgan fingerprint density at radius 3 is 2.62 bits per heavy atom. The van der Waals surface area contributed by atoms with Crippen LogP contribution in [0.2, 0.25) is 0 Å². The van der Waals surface area contributed by atoms with Gasteiger partial charge in [-0.15, -0.1) is 11.8 Å². The van der Waals surface area contributed by atoms with Gasteiger partial charge in [0.25, 0.3) is 5.56 Å². The summed E-state index contributed by atoms with van der Waals surface area (Å²) in [5, 5.41) is 0. The second-order valence-electron chi connectivity index (χ2n) is 7.47. The molecule has 0 spiro atoms. The van der Waals surface area contributed by atoms with Crippen molar-refractivity contribution in [2.75, 3.05) is 20.0 Å². The maximum Gasteiger partial charge on any atom is 0.338 e. The third-order valence-electron chi connectivity index (χ3n) is 5.42. The maximum absolute atomic E-state index is 13.6. The summed E-state index contributed by atoms with van der Waals surface area (Å²) in [6.07, 6.45) is 3.88. The number of aromatic nitrogens is 1. The number of allylic oxidation sites excluding steroid dienone is 1. The second-order valence-corrected chi connectivity index (χ2v) is 10.2. The third-order valence-corrected chi connectivity index (χ3v) is 7.77. The first-order valence-corrected chi connectivity index (χ1v) is 13.4. The van der Waals surface area contributed by atoms with Crippen molar-refractivity contribution in [1.82, 2.24) is 4.57 Å². The molecule has 1 aliphatic heterocycles. The molecule has 0 radical (unpaired) electrons. The lowest BCUT2D eigenvalue weighted by Crippen LogP contribution is -2.39. The van der Waals surface area contributed by atoms with Crippen molar-refractivity contribution in [3.63, 3.8) is 0 Å². The quantitative estimate of drug-likeness (QED) is 0.333. The molecule has 0 N–H and O–H groups in total. The summed E-state index contributed by atoms with van der Waals surface area (Å²) in [7, 11) is 1.59. The summed E-state index contributed by atoms with van der Waals surface area (Å²) in [5.41, 5.74) is 2.36. The van der Waals surface area contributed by atoms with Crippen molar-refractivity contribution in [2.24, 2.45) is 4.99 Å². The lowest BCUT2D eigenvalue weighted by Gasteiger charge is -2.25. The normalized spacial score (nSPS) is 15.7. The van der Waals surface area contributed by atoms with E-state index in [0.29, 0.717) is 26.4 Å². The molecule has 0 saturated heterocycles. The monoisotopic (exact) mass is 558 g/mol. The Hall–Kier alpha value is -2.62. The van der Waals surface area contributed by atoms with Crippen LogP contribution in [0.15, 0.2) is 72.9 Å². The molecular weight excluding hydrogens is 536 g/mol. The fourth-order valence-corrected chi connectivity index (χ4v) is 5.82. The standard InChI is InChI=1S/C25H23BrN2O4S2/c1-5-32-24(30)21-14(2)27-25-28(22(21)16-8-11-19(31-3)18(26)13-16)23(29)20(34-25)12-15-6-9-17(33-4)10-7-15/h6-13,22H,5H2,1-4H3/b20-12-/t22-/m1/s1. The molecule has 34 heavy (non-hydrogen) atoms. The number of carbonyl (C=O) groups excluding carboxylic acids is 1. The van der Waals surface area contributed by atoms with Gasteiger partial charge in [-0.25, -0.2) is 9.79 Å². The van der Waals surface area contributed by atoms with Crippen LogP contribution in [-0.2, 0) is 9.53 Å². The lowest BCUT2D eigenvalue weighted by molar-refractivity contribution is -0.139. The molecule has 0 saturated carbocycles. The summed E-state index contributed by atoms with van der Waals surface area (Å²) in [6, 6.07) is 12.9. The minimum absolute atomic E-state index is 0.205. The van der Waals surface area contributed by atoms with Crippen LogP contribution in [0.3, 0.4) is 0 Å². The van der Waals surface area contributed by atoms with E-state index in [9.17, 15) is 9.59 Å². The minimum atomic E-state index is -0.668. The van der Waals surface area contributed by atoms with E-state index in [0.717, 1.165) is 20.5 Å². The van der Waals surface area contributed by atoms with Gasteiger partial charge in [-0.05, 0) is 77.5 Å². The Bertz CT molecular complexity index is 1460. The first-order chi connectivity index (χ1) is 16.4. The Kier molecular flexibility index (Phi) is 7.45. The molecule has 6 nitrogen and oxygen atoms in total. The zero-order valence-corrected chi connectivity index (χ0v) is 22.3. The van der Waals surface area contributed by atoms with Gasteiger partial charge in [0.05, 0.1) is 40.0 Å². The molecule has 9 heteroatoms. The summed E-state index contributed by atoms with van der Waals surface area (Å²) < 4.78 is 13.6. The molecule has 2 heterocycles. The minimum Gasteiger partial charge on any atom is -0.496 e. The Morgan fingerprint density at radius 2 is 2.00 bits per heavy atom. The predicted octanol–water partition coefficient (Wildman–Crippen LogP) is 4.29. The third kappa shape index (κ3) is 4.64. The highest BCUT2D eigenvalue weighted by atomic mass is 79.9. The summed E-state index contributed by atoms with van der Waals surface area (Å²) >= 11 is 6.49. The fourth-order valence-electron chi connectivity index (χ4n) is 3.81. The Labute approximate surface area is 213 Å². The van der Waals surface area contributed by atoms with Crippen molar-refractivity contribution >= 4 is 51.1 Å². The SMILES string of the molecule is CCOC(=O)C1=C(C)N=c2s/c(=C\c3ccc(SC)cc3)c(=O)n2[C@@H]1c1ccc(OC)c(Br)c1. The van der Waals surface area contributed by atoms with E-state index in [2.05, 4.69) is 20.9 Å². The first-order valence-electron chi connectivity index (χ1n) is 10.5. The average Bonchev–Trinajstić information content (AvgIpc) is 3.13. The van der Waals surface area contributed by atoms with E-state index >= 15 is 0 Å². The molecule has 0 fully saturated rings. The van der Waals surface area contributed by atoms with Gasteiger partial charge < -0.3 is 9.47 Å². The fraction of sp³-hybridized carbons (Fsp3) is 0.240. The number of hydrogen-bond donors (Lipinski definition) is 0. The number of benzene rings is 2. The number of esters is 1. The highest BCUT2D eigenvalue weighted by molar-refractivity contribution is 9.10. The van der Waals surface area contributed by atoms with Crippen LogP contribution in [0.5, 0.6) is 5.75 Å². The van der Waals surface area contributed by atoms with Crippen molar-refractivity contribution in [1.29, 1.82) is 0 Å². The van der Waals surface area contributed by atoms with Gasteiger partial charge in [0, 0.05) is 4.90 Å². The summed E-state index contributed by atoms with van der Waals surface area (Å²) in [5.74, 6) is 0.172. The molecular formula is C25H23BrN2O4S2. The molecule has 176 valence electrons. The van der Waals surface area contributed by atoms with E-state index < -0.39 is 12.0 Å². The molecule has 3 aromatic rings. The molecule has 0 amide bonds. The van der Waals surface area contributed by atoms with Crippen LogP contribution in [-0.4, -0.2) is 30.5 Å². The van der Waals surface area contributed by atoms with Gasteiger partial charge in [-0.1, -0.05) is 29.5 Å². The molecule has 0 aliphatic carbocycles. The zero-order valence-electron chi connectivity index (χ0n) is 19.1. The van der Waals surface area contributed by atoms with Gasteiger partial charge in [-0.2, -0.15) is 0 Å². The lowest BCUT2D eigenvalue weighted by atomic mass is 9.96. The van der Waals surface area contributed by atoms with Crippen LogP contribution < -0.4 is 19.6 Å². The zero-order chi connectivity index (χ0) is 24.4.